The van der Waals surface area contributed by atoms with E-state index in [9.17, 15) is 0 Å². The van der Waals surface area contributed by atoms with Crippen LogP contribution in [0.3, 0.4) is 0 Å². The highest BCUT2D eigenvalue weighted by Crippen LogP contribution is 2.42. The Labute approximate surface area is 68.0 Å². The van der Waals surface area contributed by atoms with E-state index in [4.69, 9.17) is 18.0 Å². The van der Waals surface area contributed by atoms with Gasteiger partial charge in [0.05, 0.1) is 0 Å². The van der Waals surface area contributed by atoms with Crippen molar-refractivity contribution in [3.05, 3.63) is 0 Å². The third-order valence-electron chi connectivity index (χ3n) is 2.30. The smallest absolute Gasteiger partial charge is 0.0341 e. The molecule has 10 heavy (non-hydrogen) atoms. The molecular formula is C9H13Cl. The predicted molar refractivity (Wildman–Crippen MR) is 45.0 cm³/mol. The van der Waals surface area contributed by atoms with Crippen LogP contribution < -0.4 is 0 Å². The van der Waals surface area contributed by atoms with E-state index in [0.717, 1.165) is 19.3 Å². The Balaban J connectivity index is 2.48. The summed E-state index contributed by atoms with van der Waals surface area (Å²) in [4.78, 5) is 0. The van der Waals surface area contributed by atoms with Crippen LogP contribution in [0.25, 0.3) is 0 Å². The number of terminal acetylenes is 1. The Bertz CT molecular complexity index is 157. The van der Waals surface area contributed by atoms with Crippen LogP contribution in [0.4, 0.5) is 0 Å². The third kappa shape index (κ3) is 1.67. The molecular weight excluding hydrogens is 144 g/mol. The van der Waals surface area contributed by atoms with Crippen molar-refractivity contribution < 1.29 is 0 Å². The van der Waals surface area contributed by atoms with Gasteiger partial charge >= 0.3 is 0 Å². The predicted octanol–water partition coefficient (Wildman–Crippen LogP) is 2.81. The molecule has 0 nitrogen and oxygen atoms in total. The number of alkyl halides is 1. The van der Waals surface area contributed by atoms with Gasteiger partial charge < -0.3 is 0 Å². The number of halogens is 1. The summed E-state index contributed by atoms with van der Waals surface area (Å²) >= 11 is 5.96. The molecule has 0 radical (unpaired) electrons. The molecule has 1 heteroatoms. The van der Waals surface area contributed by atoms with Crippen LogP contribution in [0.15, 0.2) is 0 Å². The van der Waals surface area contributed by atoms with Crippen LogP contribution in [0.5, 0.6) is 0 Å². The van der Waals surface area contributed by atoms with E-state index in [0.29, 0.717) is 10.8 Å². The Morgan fingerprint density at radius 3 is 2.90 bits per heavy atom. The van der Waals surface area contributed by atoms with Crippen molar-refractivity contribution in [1.82, 2.24) is 0 Å². The molecule has 1 aliphatic rings. The van der Waals surface area contributed by atoms with Gasteiger partial charge in [-0.15, -0.1) is 23.9 Å². The van der Waals surface area contributed by atoms with Crippen LogP contribution in [0, 0.1) is 17.8 Å². The second kappa shape index (κ2) is 2.84. The van der Waals surface area contributed by atoms with Crippen molar-refractivity contribution in [2.24, 2.45) is 5.41 Å². The molecule has 1 aliphatic carbocycles. The summed E-state index contributed by atoms with van der Waals surface area (Å²) in [7, 11) is 0. The van der Waals surface area contributed by atoms with Gasteiger partial charge in [0.1, 0.15) is 0 Å². The fraction of sp³-hybridized carbons (Fsp3) is 0.778. The van der Waals surface area contributed by atoms with Crippen LogP contribution in [0.1, 0.15) is 32.6 Å². The summed E-state index contributed by atoms with van der Waals surface area (Å²) in [6.07, 6.45) is 9.57. The monoisotopic (exact) mass is 156 g/mol. The Kier molecular flexibility index (Phi) is 2.26. The highest BCUT2D eigenvalue weighted by atomic mass is 35.5. The molecule has 1 fully saturated rings. The molecule has 56 valence electrons. The van der Waals surface area contributed by atoms with Gasteiger partial charge in [-0.3, -0.25) is 0 Å². The molecule has 1 rings (SSSR count). The highest BCUT2D eigenvalue weighted by Gasteiger charge is 2.32. The first-order valence-electron chi connectivity index (χ1n) is 3.74. The normalized spacial score (nSPS) is 39.5. The third-order valence-corrected chi connectivity index (χ3v) is 2.68. The molecule has 0 heterocycles. The Hall–Kier alpha value is -0.150. The number of hydrogen-bond donors (Lipinski definition) is 0. The van der Waals surface area contributed by atoms with E-state index in [1.54, 1.807) is 0 Å². The standard InChI is InChI=1S/C9H13Cl/c1-3-5-9(2)6-4-8(10)7-9/h1,8H,4-7H2,2H3. The quantitative estimate of drug-likeness (QED) is 0.405. The van der Waals surface area contributed by atoms with Crippen LogP contribution in [0.2, 0.25) is 0 Å². The van der Waals surface area contributed by atoms with Crippen molar-refractivity contribution in [1.29, 1.82) is 0 Å². The van der Waals surface area contributed by atoms with Crippen molar-refractivity contribution in [2.45, 2.75) is 38.0 Å². The molecule has 0 aromatic rings. The zero-order valence-corrected chi connectivity index (χ0v) is 7.12. The second-order valence-electron chi connectivity index (χ2n) is 3.53. The summed E-state index contributed by atoms with van der Waals surface area (Å²) < 4.78 is 0. The lowest BCUT2D eigenvalue weighted by atomic mass is 9.86. The average molecular weight is 157 g/mol. The van der Waals surface area contributed by atoms with E-state index in [-0.39, 0.29) is 0 Å². The van der Waals surface area contributed by atoms with Gasteiger partial charge in [-0.25, -0.2) is 0 Å². The maximum atomic E-state index is 5.96. The Morgan fingerprint density at radius 1 is 1.80 bits per heavy atom. The van der Waals surface area contributed by atoms with Gasteiger partial charge in [0, 0.05) is 11.8 Å². The average Bonchev–Trinajstić information content (AvgIpc) is 2.12. The summed E-state index contributed by atoms with van der Waals surface area (Å²) in [5.74, 6) is 2.71. The molecule has 1 saturated carbocycles. The molecule has 0 N–H and O–H groups in total. The lowest BCUT2D eigenvalue weighted by Crippen LogP contribution is -2.10. The summed E-state index contributed by atoms with van der Waals surface area (Å²) in [6.45, 7) is 2.23. The van der Waals surface area contributed by atoms with Crippen molar-refractivity contribution in [3.63, 3.8) is 0 Å². The molecule has 2 unspecified atom stereocenters. The second-order valence-corrected chi connectivity index (χ2v) is 4.15. The van der Waals surface area contributed by atoms with E-state index in [1.165, 1.54) is 6.42 Å². The first-order valence-corrected chi connectivity index (χ1v) is 4.17. The fourth-order valence-electron chi connectivity index (χ4n) is 1.65. The van der Waals surface area contributed by atoms with Crippen molar-refractivity contribution in [2.75, 3.05) is 0 Å². The van der Waals surface area contributed by atoms with Gasteiger partial charge in [0.15, 0.2) is 0 Å². The van der Waals surface area contributed by atoms with Gasteiger partial charge in [0.2, 0.25) is 0 Å². The molecule has 0 saturated heterocycles. The molecule has 0 bridgehead atoms. The first kappa shape index (κ1) is 7.95. The summed E-state index contributed by atoms with van der Waals surface area (Å²) in [6, 6.07) is 0. The lowest BCUT2D eigenvalue weighted by Gasteiger charge is -2.19. The van der Waals surface area contributed by atoms with Crippen molar-refractivity contribution >= 4 is 11.6 Å². The molecule has 0 aromatic carbocycles. The summed E-state index contributed by atoms with van der Waals surface area (Å²) in [5.41, 5.74) is 0.348. The minimum atomic E-state index is 0.348. The zero-order chi connectivity index (χ0) is 7.61. The lowest BCUT2D eigenvalue weighted by molar-refractivity contribution is 0.348. The minimum absolute atomic E-state index is 0.348. The van der Waals surface area contributed by atoms with Crippen molar-refractivity contribution in [3.8, 4) is 12.3 Å². The van der Waals surface area contributed by atoms with Gasteiger partial charge in [-0.05, 0) is 24.7 Å². The largest absolute Gasteiger partial charge is 0.123 e. The van der Waals surface area contributed by atoms with Gasteiger partial charge in [0.25, 0.3) is 0 Å². The highest BCUT2D eigenvalue weighted by molar-refractivity contribution is 6.20. The van der Waals surface area contributed by atoms with E-state index < -0.39 is 0 Å². The van der Waals surface area contributed by atoms with E-state index in [2.05, 4.69) is 12.8 Å². The molecule has 0 amide bonds. The summed E-state index contributed by atoms with van der Waals surface area (Å²) in [5, 5.41) is 0.373. The number of hydrogen-bond acceptors (Lipinski definition) is 0. The van der Waals surface area contributed by atoms with Crippen LogP contribution in [-0.2, 0) is 0 Å². The maximum Gasteiger partial charge on any atom is 0.0341 e. The molecule has 0 aliphatic heterocycles. The maximum absolute atomic E-state index is 5.96. The SMILES string of the molecule is C#CCC1(C)CCC(Cl)C1. The fourth-order valence-corrected chi connectivity index (χ4v) is 2.13. The van der Waals surface area contributed by atoms with Gasteiger partial charge in [-0.1, -0.05) is 6.92 Å². The van der Waals surface area contributed by atoms with Gasteiger partial charge in [-0.2, -0.15) is 0 Å². The zero-order valence-electron chi connectivity index (χ0n) is 6.36. The number of rotatable bonds is 1. The molecule has 2 atom stereocenters. The topological polar surface area (TPSA) is 0 Å². The first-order chi connectivity index (χ1) is 4.66. The minimum Gasteiger partial charge on any atom is -0.123 e. The molecule has 0 spiro atoms. The van der Waals surface area contributed by atoms with E-state index >= 15 is 0 Å². The van der Waals surface area contributed by atoms with E-state index in [1.807, 2.05) is 0 Å². The molecule has 0 aromatic heterocycles. The van der Waals surface area contributed by atoms with Crippen LogP contribution >= 0.6 is 11.6 Å². The Morgan fingerprint density at radius 2 is 2.50 bits per heavy atom. The van der Waals surface area contributed by atoms with Crippen LogP contribution in [-0.4, -0.2) is 5.38 Å².